The van der Waals surface area contributed by atoms with Crippen LogP contribution in [0.25, 0.3) is 16.6 Å². The van der Waals surface area contributed by atoms with E-state index in [0.717, 1.165) is 34.5 Å². The quantitative estimate of drug-likeness (QED) is 0.297. The third-order valence-electron chi connectivity index (χ3n) is 6.49. The van der Waals surface area contributed by atoms with Crippen LogP contribution in [0.15, 0.2) is 77.4 Å². The van der Waals surface area contributed by atoms with Crippen LogP contribution in [-0.2, 0) is 13.1 Å². The van der Waals surface area contributed by atoms with Crippen LogP contribution in [0, 0.1) is 0 Å². The molecule has 11 heteroatoms. The minimum Gasteiger partial charge on any atom is -0.497 e. The Morgan fingerprint density at radius 2 is 1.84 bits per heavy atom. The molecule has 0 fully saturated rings. The number of benzene rings is 2. The Labute approximate surface area is 212 Å². The Bertz CT molecular complexity index is 1630. The maximum Gasteiger partial charge on any atom is 0.185 e. The lowest BCUT2D eigenvalue weighted by Gasteiger charge is -2.30. The SMILES string of the molecule is CCN(Cc1ccccc1)C(c1cc2ccc(OC)cc2n2nnnc12)c1nnnn1Cc1ccco1. The van der Waals surface area contributed by atoms with Gasteiger partial charge in [0.2, 0.25) is 0 Å². The standard InChI is InChI=1S/C26H25N9O2/c1-3-33(16-18-8-5-4-6-9-18)24(26-28-29-31-34(26)17-21-10-7-13-37-21)22-14-19-11-12-20(36-2)15-23(19)35-25(22)27-30-32-35/h4-15,24H,3,16-17H2,1-2H3. The normalized spacial score (nSPS) is 12.5. The van der Waals surface area contributed by atoms with Gasteiger partial charge in [0.25, 0.3) is 0 Å². The van der Waals surface area contributed by atoms with Gasteiger partial charge in [-0.1, -0.05) is 37.3 Å². The summed E-state index contributed by atoms with van der Waals surface area (Å²) >= 11 is 0. The molecule has 2 aromatic carbocycles. The molecule has 1 atom stereocenters. The van der Waals surface area contributed by atoms with Gasteiger partial charge in [0.1, 0.15) is 24.1 Å². The van der Waals surface area contributed by atoms with Crippen molar-refractivity contribution in [3.05, 3.63) is 95.7 Å². The minimum absolute atomic E-state index is 0.338. The van der Waals surface area contributed by atoms with E-state index in [1.165, 1.54) is 5.56 Å². The summed E-state index contributed by atoms with van der Waals surface area (Å²) in [5.74, 6) is 2.17. The maximum absolute atomic E-state index is 5.59. The first-order valence-electron chi connectivity index (χ1n) is 12.0. The van der Waals surface area contributed by atoms with Crippen molar-refractivity contribution >= 4 is 16.6 Å². The van der Waals surface area contributed by atoms with Crippen LogP contribution in [0.3, 0.4) is 0 Å². The van der Waals surface area contributed by atoms with Crippen LogP contribution < -0.4 is 4.74 Å². The highest BCUT2D eigenvalue weighted by molar-refractivity contribution is 5.84. The van der Waals surface area contributed by atoms with Gasteiger partial charge < -0.3 is 9.15 Å². The zero-order chi connectivity index (χ0) is 25.2. The van der Waals surface area contributed by atoms with Crippen molar-refractivity contribution in [1.82, 2.24) is 45.1 Å². The zero-order valence-electron chi connectivity index (χ0n) is 20.5. The van der Waals surface area contributed by atoms with E-state index in [4.69, 9.17) is 9.15 Å². The van der Waals surface area contributed by atoms with Gasteiger partial charge in [-0.25, -0.2) is 4.68 Å². The number of pyridine rings is 1. The van der Waals surface area contributed by atoms with Crippen molar-refractivity contribution in [2.75, 3.05) is 13.7 Å². The third-order valence-corrected chi connectivity index (χ3v) is 6.49. The Morgan fingerprint density at radius 3 is 2.62 bits per heavy atom. The predicted molar refractivity (Wildman–Crippen MR) is 135 cm³/mol. The van der Waals surface area contributed by atoms with Gasteiger partial charge in [-0.3, -0.25) is 4.90 Å². The summed E-state index contributed by atoms with van der Waals surface area (Å²) in [5, 5.41) is 26.6. The average Bonchev–Trinajstić information content (AvgIpc) is 3.72. The molecule has 0 amide bonds. The fourth-order valence-corrected chi connectivity index (χ4v) is 4.69. The smallest absolute Gasteiger partial charge is 0.185 e. The van der Waals surface area contributed by atoms with E-state index >= 15 is 0 Å². The molecular weight excluding hydrogens is 470 g/mol. The molecule has 11 nitrogen and oxygen atoms in total. The molecule has 1 unspecified atom stereocenters. The Balaban J connectivity index is 1.54. The summed E-state index contributed by atoms with van der Waals surface area (Å²) in [4.78, 5) is 2.32. The van der Waals surface area contributed by atoms with Crippen LogP contribution in [0.5, 0.6) is 5.75 Å². The summed E-state index contributed by atoms with van der Waals surface area (Å²) in [6.45, 7) is 3.95. The van der Waals surface area contributed by atoms with Crippen molar-refractivity contribution in [2.45, 2.75) is 26.1 Å². The van der Waals surface area contributed by atoms with Gasteiger partial charge in [-0.2, -0.15) is 4.52 Å². The first-order valence-corrected chi connectivity index (χ1v) is 12.0. The number of hydrogen-bond acceptors (Lipinski definition) is 9. The Kier molecular flexibility index (Phi) is 6.03. The lowest BCUT2D eigenvalue weighted by Crippen LogP contribution is -2.32. The lowest BCUT2D eigenvalue weighted by molar-refractivity contribution is 0.215. The van der Waals surface area contributed by atoms with Gasteiger partial charge in [0.15, 0.2) is 11.5 Å². The van der Waals surface area contributed by atoms with E-state index in [9.17, 15) is 0 Å². The van der Waals surface area contributed by atoms with Crippen molar-refractivity contribution < 1.29 is 9.15 Å². The number of hydrogen-bond donors (Lipinski definition) is 0. The maximum atomic E-state index is 5.59. The number of fused-ring (bicyclic) bond motifs is 3. The fourth-order valence-electron chi connectivity index (χ4n) is 4.69. The summed E-state index contributed by atoms with van der Waals surface area (Å²) < 4.78 is 14.6. The molecule has 0 saturated carbocycles. The van der Waals surface area contributed by atoms with E-state index in [2.05, 4.69) is 61.1 Å². The number of rotatable bonds is 9. The lowest BCUT2D eigenvalue weighted by atomic mass is 10.0. The molecule has 0 saturated heterocycles. The third kappa shape index (κ3) is 4.29. The summed E-state index contributed by atoms with van der Waals surface area (Å²) in [7, 11) is 1.64. The first-order chi connectivity index (χ1) is 18.2. The summed E-state index contributed by atoms with van der Waals surface area (Å²) in [6, 6.07) is 21.8. The van der Waals surface area contributed by atoms with Crippen LogP contribution >= 0.6 is 0 Å². The molecule has 4 aromatic heterocycles. The van der Waals surface area contributed by atoms with E-state index in [1.807, 2.05) is 48.5 Å². The van der Waals surface area contributed by atoms with E-state index < -0.39 is 0 Å². The molecular formula is C26H25N9O2. The fraction of sp³-hybridized carbons (Fsp3) is 0.231. The van der Waals surface area contributed by atoms with Gasteiger partial charge >= 0.3 is 0 Å². The van der Waals surface area contributed by atoms with E-state index in [-0.39, 0.29) is 6.04 Å². The molecule has 0 bridgehead atoms. The number of tetrazole rings is 2. The van der Waals surface area contributed by atoms with Crippen molar-refractivity contribution in [2.24, 2.45) is 0 Å². The van der Waals surface area contributed by atoms with Gasteiger partial charge in [-0.05, 0) is 63.3 Å². The second-order valence-corrected chi connectivity index (χ2v) is 8.66. The number of nitrogens with zero attached hydrogens (tertiary/aromatic N) is 9. The second kappa shape index (κ2) is 9.78. The molecule has 0 aliphatic heterocycles. The molecule has 6 aromatic rings. The zero-order valence-corrected chi connectivity index (χ0v) is 20.5. The molecule has 0 aliphatic rings. The highest BCUT2D eigenvalue weighted by atomic mass is 16.5. The summed E-state index contributed by atoms with van der Waals surface area (Å²) in [6.07, 6.45) is 1.65. The molecule has 37 heavy (non-hydrogen) atoms. The minimum atomic E-state index is -0.338. The second-order valence-electron chi connectivity index (χ2n) is 8.66. The van der Waals surface area contributed by atoms with Crippen molar-refractivity contribution in [1.29, 1.82) is 0 Å². The molecule has 0 spiro atoms. The molecule has 186 valence electrons. The highest BCUT2D eigenvalue weighted by Gasteiger charge is 2.31. The van der Waals surface area contributed by atoms with Gasteiger partial charge in [0, 0.05) is 23.6 Å². The number of ether oxygens (including phenoxy) is 1. The van der Waals surface area contributed by atoms with Crippen LogP contribution in [0.4, 0.5) is 0 Å². The topological polar surface area (TPSA) is 112 Å². The molecule has 0 aliphatic carbocycles. The van der Waals surface area contributed by atoms with Crippen LogP contribution in [0.2, 0.25) is 0 Å². The largest absolute Gasteiger partial charge is 0.497 e. The molecule has 0 radical (unpaired) electrons. The predicted octanol–water partition coefficient (Wildman–Crippen LogP) is 3.53. The van der Waals surface area contributed by atoms with E-state index in [0.29, 0.717) is 24.6 Å². The van der Waals surface area contributed by atoms with Crippen molar-refractivity contribution in [3.8, 4) is 5.75 Å². The Morgan fingerprint density at radius 1 is 0.973 bits per heavy atom. The van der Waals surface area contributed by atoms with Gasteiger partial charge in [0.05, 0.1) is 18.9 Å². The Hall–Kier alpha value is -4.64. The molecule has 6 rings (SSSR count). The number of methoxy groups -OCH3 is 1. The van der Waals surface area contributed by atoms with Crippen LogP contribution in [0.1, 0.15) is 35.7 Å². The molecule has 4 heterocycles. The van der Waals surface area contributed by atoms with Crippen molar-refractivity contribution in [3.63, 3.8) is 0 Å². The average molecular weight is 496 g/mol. The molecule has 0 N–H and O–H groups in total. The number of aromatic nitrogens is 8. The highest BCUT2D eigenvalue weighted by Crippen LogP contribution is 2.34. The monoisotopic (exact) mass is 495 g/mol. The first kappa shape index (κ1) is 22.8. The van der Waals surface area contributed by atoms with Crippen LogP contribution in [-0.4, -0.2) is 58.8 Å². The van der Waals surface area contributed by atoms with Gasteiger partial charge in [-0.15, -0.1) is 10.2 Å². The number of furan rings is 1. The van der Waals surface area contributed by atoms with E-state index in [1.54, 1.807) is 22.6 Å². The summed E-state index contributed by atoms with van der Waals surface area (Å²) in [5.41, 5.74) is 3.56.